The van der Waals surface area contributed by atoms with E-state index in [2.05, 4.69) is 4.74 Å². The molecule has 70 valence electrons. The van der Waals surface area contributed by atoms with Crippen molar-refractivity contribution in [3.8, 4) is 0 Å². The molecule has 0 unspecified atom stereocenters. The lowest BCUT2D eigenvalue weighted by Gasteiger charge is -2.03. The van der Waals surface area contributed by atoms with Crippen LogP contribution >= 0.6 is 11.6 Å². The third kappa shape index (κ3) is 2.22. The molecule has 1 aromatic carbocycles. The number of esters is 1. The van der Waals surface area contributed by atoms with Gasteiger partial charge in [0.05, 0.1) is 12.7 Å². The van der Waals surface area contributed by atoms with Crippen molar-refractivity contribution in [2.24, 2.45) is 0 Å². The molecule has 0 saturated carbocycles. The number of aryl methyl sites for hydroxylation is 1. The number of rotatable bonds is 2. The molecular formula is C10H11ClO2. The van der Waals surface area contributed by atoms with Crippen molar-refractivity contribution in [1.29, 1.82) is 0 Å². The summed E-state index contributed by atoms with van der Waals surface area (Å²) in [6.07, 6.45) is 0.809. The number of methoxy groups -OCH3 is 1. The van der Waals surface area contributed by atoms with Crippen LogP contribution in [-0.4, -0.2) is 13.1 Å². The molecule has 0 aliphatic rings. The normalized spacial score (nSPS) is 9.77. The van der Waals surface area contributed by atoms with Gasteiger partial charge in [-0.15, -0.1) is 0 Å². The van der Waals surface area contributed by atoms with E-state index in [1.165, 1.54) is 7.11 Å². The highest BCUT2D eigenvalue weighted by molar-refractivity contribution is 6.31. The molecule has 0 heterocycles. The predicted octanol–water partition coefficient (Wildman–Crippen LogP) is 2.69. The van der Waals surface area contributed by atoms with Gasteiger partial charge >= 0.3 is 5.97 Å². The number of benzene rings is 1. The minimum absolute atomic E-state index is 0.327. The van der Waals surface area contributed by atoms with Crippen molar-refractivity contribution in [2.45, 2.75) is 13.3 Å². The van der Waals surface area contributed by atoms with Gasteiger partial charge in [0.15, 0.2) is 0 Å². The fraction of sp³-hybridized carbons (Fsp3) is 0.300. The maximum Gasteiger partial charge on any atom is 0.337 e. The second-order valence-corrected chi connectivity index (χ2v) is 3.06. The molecule has 0 N–H and O–H groups in total. The van der Waals surface area contributed by atoms with Crippen molar-refractivity contribution >= 4 is 17.6 Å². The van der Waals surface area contributed by atoms with E-state index in [0.29, 0.717) is 10.6 Å². The molecule has 2 nitrogen and oxygen atoms in total. The molecule has 13 heavy (non-hydrogen) atoms. The van der Waals surface area contributed by atoms with Gasteiger partial charge in [0.25, 0.3) is 0 Å². The van der Waals surface area contributed by atoms with Gasteiger partial charge in [-0.3, -0.25) is 0 Å². The molecule has 0 amide bonds. The third-order valence-electron chi connectivity index (χ3n) is 1.85. The van der Waals surface area contributed by atoms with Gasteiger partial charge in [-0.25, -0.2) is 4.79 Å². The zero-order valence-corrected chi connectivity index (χ0v) is 8.39. The number of halogens is 1. The first-order valence-corrected chi connectivity index (χ1v) is 4.43. The van der Waals surface area contributed by atoms with Crippen molar-refractivity contribution in [1.82, 2.24) is 0 Å². The summed E-state index contributed by atoms with van der Waals surface area (Å²) < 4.78 is 4.59. The Kier molecular flexibility index (Phi) is 3.32. The Balaban J connectivity index is 3.06. The number of carbonyl (C=O) groups is 1. The van der Waals surface area contributed by atoms with E-state index in [9.17, 15) is 4.79 Å². The molecule has 0 spiro atoms. The van der Waals surface area contributed by atoms with E-state index in [0.717, 1.165) is 12.0 Å². The molecule has 3 heteroatoms. The second kappa shape index (κ2) is 4.28. The van der Waals surface area contributed by atoms with Crippen LogP contribution < -0.4 is 0 Å². The summed E-state index contributed by atoms with van der Waals surface area (Å²) in [7, 11) is 1.36. The molecule has 0 atom stereocenters. The van der Waals surface area contributed by atoms with Crippen molar-refractivity contribution in [3.05, 3.63) is 34.3 Å². The number of carbonyl (C=O) groups excluding carboxylic acids is 1. The third-order valence-corrected chi connectivity index (χ3v) is 2.22. The monoisotopic (exact) mass is 198 g/mol. The van der Waals surface area contributed by atoms with Gasteiger partial charge < -0.3 is 4.74 Å². The molecule has 0 aromatic heterocycles. The van der Waals surface area contributed by atoms with Crippen LogP contribution in [0.3, 0.4) is 0 Å². The Bertz CT molecular complexity index is 321. The van der Waals surface area contributed by atoms with Crippen molar-refractivity contribution in [2.75, 3.05) is 7.11 Å². The molecule has 1 aromatic rings. The van der Waals surface area contributed by atoms with E-state index in [1.807, 2.05) is 6.92 Å². The quantitative estimate of drug-likeness (QED) is 0.683. The van der Waals surface area contributed by atoms with Gasteiger partial charge in [-0.1, -0.05) is 18.5 Å². The Morgan fingerprint density at radius 2 is 2.23 bits per heavy atom. The highest BCUT2D eigenvalue weighted by Crippen LogP contribution is 2.18. The summed E-state index contributed by atoms with van der Waals surface area (Å²) in [5, 5.41) is 0.690. The average Bonchev–Trinajstić information content (AvgIpc) is 2.17. The topological polar surface area (TPSA) is 26.3 Å². The fourth-order valence-corrected chi connectivity index (χ4v) is 1.34. The van der Waals surface area contributed by atoms with E-state index < -0.39 is 0 Å². The maximum absolute atomic E-state index is 11.1. The van der Waals surface area contributed by atoms with Crippen LogP contribution in [0, 0.1) is 0 Å². The molecular weight excluding hydrogens is 188 g/mol. The predicted molar refractivity (Wildman–Crippen MR) is 52.2 cm³/mol. The van der Waals surface area contributed by atoms with Gasteiger partial charge in [0.2, 0.25) is 0 Å². The first-order chi connectivity index (χ1) is 6.19. The van der Waals surface area contributed by atoms with Crippen LogP contribution in [0.2, 0.25) is 5.02 Å². The van der Waals surface area contributed by atoms with E-state index >= 15 is 0 Å². The molecule has 0 aliphatic carbocycles. The smallest absolute Gasteiger partial charge is 0.337 e. The lowest BCUT2D eigenvalue weighted by molar-refractivity contribution is 0.0600. The number of hydrogen-bond acceptors (Lipinski definition) is 2. The fourth-order valence-electron chi connectivity index (χ4n) is 1.09. The lowest BCUT2D eigenvalue weighted by atomic mass is 10.1. The maximum atomic E-state index is 11.1. The molecule has 0 bridgehead atoms. The molecule has 0 fully saturated rings. The van der Waals surface area contributed by atoms with Crippen molar-refractivity contribution < 1.29 is 9.53 Å². The van der Waals surface area contributed by atoms with Gasteiger partial charge in [-0.2, -0.15) is 0 Å². The largest absolute Gasteiger partial charge is 0.465 e. The van der Waals surface area contributed by atoms with Crippen LogP contribution in [0.4, 0.5) is 0 Å². The Morgan fingerprint density at radius 1 is 1.54 bits per heavy atom. The van der Waals surface area contributed by atoms with Crippen LogP contribution in [0.25, 0.3) is 0 Å². The van der Waals surface area contributed by atoms with E-state index in [-0.39, 0.29) is 5.97 Å². The summed E-state index contributed by atoms with van der Waals surface area (Å²) in [5.74, 6) is -0.327. The Hall–Kier alpha value is -1.02. The van der Waals surface area contributed by atoms with Crippen LogP contribution in [0.15, 0.2) is 18.2 Å². The minimum Gasteiger partial charge on any atom is -0.465 e. The lowest BCUT2D eigenvalue weighted by Crippen LogP contribution is -2.01. The highest BCUT2D eigenvalue weighted by Gasteiger charge is 2.07. The highest BCUT2D eigenvalue weighted by atomic mass is 35.5. The van der Waals surface area contributed by atoms with Crippen LogP contribution in [0.1, 0.15) is 22.8 Å². The average molecular weight is 199 g/mol. The van der Waals surface area contributed by atoms with Crippen LogP contribution in [0.5, 0.6) is 0 Å². The number of ether oxygens (including phenoxy) is 1. The zero-order valence-electron chi connectivity index (χ0n) is 7.63. The first-order valence-electron chi connectivity index (χ1n) is 4.05. The zero-order chi connectivity index (χ0) is 9.84. The molecule has 1 rings (SSSR count). The minimum atomic E-state index is -0.327. The van der Waals surface area contributed by atoms with E-state index in [1.54, 1.807) is 18.2 Å². The number of hydrogen-bond donors (Lipinski definition) is 0. The van der Waals surface area contributed by atoms with Crippen molar-refractivity contribution in [3.63, 3.8) is 0 Å². The summed E-state index contributed by atoms with van der Waals surface area (Å²) in [4.78, 5) is 11.1. The molecule has 0 radical (unpaired) electrons. The SMILES string of the molecule is CCc1cc(C(=O)OC)ccc1Cl. The summed E-state index contributed by atoms with van der Waals surface area (Å²) in [5.41, 5.74) is 1.51. The Labute approximate surface area is 82.5 Å². The molecule has 0 aliphatic heterocycles. The van der Waals surface area contributed by atoms with Gasteiger partial charge in [-0.05, 0) is 30.2 Å². The summed E-state index contributed by atoms with van der Waals surface area (Å²) in [6.45, 7) is 1.99. The van der Waals surface area contributed by atoms with Gasteiger partial charge in [0, 0.05) is 5.02 Å². The van der Waals surface area contributed by atoms with Gasteiger partial charge in [0.1, 0.15) is 0 Å². The second-order valence-electron chi connectivity index (χ2n) is 2.65. The molecule has 0 saturated heterocycles. The van der Waals surface area contributed by atoms with Crippen LogP contribution in [-0.2, 0) is 11.2 Å². The Morgan fingerprint density at radius 3 is 2.77 bits per heavy atom. The summed E-state index contributed by atoms with van der Waals surface area (Å²) >= 11 is 5.89. The summed E-state index contributed by atoms with van der Waals surface area (Å²) in [6, 6.07) is 5.13. The first kappa shape index (κ1) is 10.1. The standard InChI is InChI=1S/C10H11ClO2/c1-3-7-6-8(10(12)13-2)4-5-9(7)11/h4-6H,3H2,1-2H3. The van der Waals surface area contributed by atoms with E-state index in [4.69, 9.17) is 11.6 Å².